The average Bonchev–Trinajstić information content (AvgIpc) is 3.55. The molecule has 0 spiro atoms. The number of aromatic nitrogens is 5. The van der Waals surface area contributed by atoms with Gasteiger partial charge in [0.1, 0.15) is 0 Å². The van der Waals surface area contributed by atoms with Crippen LogP contribution in [0, 0.1) is 26.0 Å². The Morgan fingerprint density at radius 1 is 0.743 bits per heavy atom. The van der Waals surface area contributed by atoms with Crippen LogP contribution in [0.4, 0.5) is 0 Å². The predicted molar refractivity (Wildman–Crippen MR) is 141 cm³/mol. The van der Waals surface area contributed by atoms with E-state index in [-0.39, 0.29) is 28.9 Å². The van der Waals surface area contributed by atoms with Crippen LogP contribution >= 0.6 is 0 Å². The van der Waals surface area contributed by atoms with Gasteiger partial charge in [-0.1, -0.05) is 45.6 Å². The van der Waals surface area contributed by atoms with Crippen LogP contribution in [0.5, 0.6) is 0 Å². The van der Waals surface area contributed by atoms with E-state index >= 15 is 0 Å². The van der Waals surface area contributed by atoms with Crippen molar-refractivity contribution in [3.05, 3.63) is 115 Å². The van der Waals surface area contributed by atoms with Gasteiger partial charge < -0.3 is 4.98 Å². The fourth-order valence-corrected chi connectivity index (χ4v) is 3.12. The number of rotatable bonds is 3. The summed E-state index contributed by atoms with van der Waals surface area (Å²) in [6.07, 6.45) is 9.15. The molecule has 5 rings (SSSR count). The third-order valence-electron chi connectivity index (χ3n) is 4.53. The Balaban J connectivity index is 0.000000221. The summed E-state index contributed by atoms with van der Waals surface area (Å²) in [5, 5.41) is 8.51. The van der Waals surface area contributed by atoms with Crippen molar-refractivity contribution in [3.8, 4) is 22.6 Å². The summed E-state index contributed by atoms with van der Waals surface area (Å²) in [5.41, 5.74) is 6.21. The first-order chi connectivity index (χ1) is 16.5. The Hall–Kier alpha value is -3.12. The summed E-state index contributed by atoms with van der Waals surface area (Å²) in [5.74, 6) is 0. The first-order valence-corrected chi connectivity index (χ1v) is 14.1. The molecule has 35 heavy (non-hydrogen) atoms. The molecule has 0 aliphatic carbocycles. The Labute approximate surface area is 223 Å². The van der Waals surface area contributed by atoms with Gasteiger partial charge in [0.15, 0.2) is 0 Å². The third-order valence-corrected chi connectivity index (χ3v) is 4.53. The summed E-state index contributed by atoms with van der Waals surface area (Å²) in [7, 11) is 0.120. The second-order valence-electron chi connectivity index (χ2n) is 8.23. The van der Waals surface area contributed by atoms with Crippen LogP contribution in [0.1, 0.15) is 11.1 Å². The van der Waals surface area contributed by atoms with Gasteiger partial charge in [-0.25, -0.2) is 0 Å². The fraction of sp³-hybridized carbons (Fsp3) is 0.179. The molecule has 0 aliphatic rings. The van der Waals surface area contributed by atoms with E-state index in [9.17, 15) is 0 Å². The van der Waals surface area contributed by atoms with Crippen LogP contribution in [0.2, 0.25) is 19.6 Å². The van der Waals surface area contributed by atoms with Gasteiger partial charge in [0.05, 0.1) is 0 Å². The maximum absolute atomic E-state index is 4.26. The van der Waals surface area contributed by atoms with Crippen LogP contribution < -0.4 is 0 Å². The van der Waals surface area contributed by atoms with E-state index < -0.39 is 0 Å². The Kier molecular flexibility index (Phi) is 11.5. The molecule has 0 atom stereocenters. The molecule has 7 heteroatoms. The van der Waals surface area contributed by atoms with E-state index in [4.69, 9.17) is 0 Å². The molecule has 0 amide bonds. The fourth-order valence-electron chi connectivity index (χ4n) is 3.12. The van der Waals surface area contributed by atoms with Gasteiger partial charge in [-0.2, -0.15) is 16.3 Å². The molecule has 0 fully saturated rings. The minimum atomic E-state index is 0. The molecule has 0 N–H and O–H groups in total. The van der Waals surface area contributed by atoms with E-state index in [1.165, 1.54) is 0 Å². The van der Waals surface area contributed by atoms with E-state index in [0.717, 1.165) is 33.8 Å². The smallest absolute Gasteiger partial charge is 0.0493 e. The van der Waals surface area contributed by atoms with E-state index in [1.807, 2.05) is 76.4 Å². The van der Waals surface area contributed by atoms with Gasteiger partial charge in [-0.15, -0.1) is 53.1 Å². The van der Waals surface area contributed by atoms with Gasteiger partial charge in [-0.05, 0) is 35.3 Å². The van der Waals surface area contributed by atoms with Crippen molar-refractivity contribution in [1.29, 1.82) is 0 Å². The molecular formula is C28H30IrN5Si-2. The average molecular weight is 657 g/mol. The van der Waals surface area contributed by atoms with Crippen molar-refractivity contribution >= 4 is 8.80 Å². The largest absolute Gasteiger partial charge is 0.305 e. The van der Waals surface area contributed by atoms with Crippen molar-refractivity contribution in [1.82, 2.24) is 24.5 Å². The van der Waals surface area contributed by atoms with Crippen LogP contribution in [0.3, 0.4) is 0 Å². The molecule has 0 saturated carbocycles. The van der Waals surface area contributed by atoms with Crippen molar-refractivity contribution in [3.63, 3.8) is 0 Å². The summed E-state index contributed by atoms with van der Waals surface area (Å²) >= 11 is 0. The summed E-state index contributed by atoms with van der Waals surface area (Å²) < 4.78 is 3.64. The van der Waals surface area contributed by atoms with E-state index in [2.05, 4.69) is 66.9 Å². The molecule has 0 aliphatic heterocycles. The zero-order chi connectivity index (χ0) is 24.3. The van der Waals surface area contributed by atoms with Gasteiger partial charge in [0.2, 0.25) is 0 Å². The second-order valence-corrected chi connectivity index (χ2v) is 11.2. The Morgan fingerprint density at radius 3 is 1.74 bits per heavy atom. The number of pyridine rings is 1. The van der Waals surface area contributed by atoms with Crippen molar-refractivity contribution in [2.45, 2.75) is 33.5 Å². The molecule has 5 aromatic rings. The molecule has 3 heterocycles. The SMILES string of the molecule is C[Si](C)C.Cc1cc(C)c(-n2cccn2)[c-]c1-n1cccn1.[Ir].[c-]1ccccc1-c1ccccn1. The summed E-state index contributed by atoms with van der Waals surface area (Å²) in [6.45, 7) is 10.9. The van der Waals surface area contributed by atoms with Crippen molar-refractivity contribution < 1.29 is 20.1 Å². The third kappa shape index (κ3) is 8.55. The Bertz CT molecular complexity index is 1140. The van der Waals surface area contributed by atoms with Gasteiger partial charge in [0, 0.05) is 59.9 Å². The molecule has 3 aromatic heterocycles. The number of nitrogens with zero attached hydrogens (tertiary/aromatic N) is 5. The van der Waals surface area contributed by atoms with Gasteiger partial charge in [-0.3, -0.25) is 9.36 Å². The van der Waals surface area contributed by atoms with E-state index in [0.29, 0.717) is 0 Å². The number of hydrogen-bond acceptors (Lipinski definition) is 3. The molecule has 5 nitrogen and oxygen atoms in total. The first-order valence-electron chi connectivity index (χ1n) is 11.1. The molecule has 2 aromatic carbocycles. The number of hydrogen-bond donors (Lipinski definition) is 0. The van der Waals surface area contributed by atoms with Crippen molar-refractivity contribution in [2.24, 2.45) is 0 Å². The van der Waals surface area contributed by atoms with Gasteiger partial charge >= 0.3 is 0 Å². The zero-order valence-electron chi connectivity index (χ0n) is 20.7. The summed E-state index contributed by atoms with van der Waals surface area (Å²) in [4.78, 5) is 4.22. The predicted octanol–water partition coefficient (Wildman–Crippen LogP) is 6.39. The van der Waals surface area contributed by atoms with E-state index in [1.54, 1.807) is 18.6 Å². The van der Waals surface area contributed by atoms with Crippen molar-refractivity contribution in [2.75, 3.05) is 0 Å². The Morgan fingerprint density at radius 2 is 1.31 bits per heavy atom. The maximum Gasteiger partial charge on any atom is 0.0493 e. The first kappa shape index (κ1) is 28.1. The zero-order valence-corrected chi connectivity index (χ0v) is 24.1. The van der Waals surface area contributed by atoms with Crippen LogP contribution in [-0.2, 0) is 20.1 Å². The molecule has 182 valence electrons. The quantitative estimate of drug-likeness (QED) is 0.167. The second kappa shape index (κ2) is 14.3. The van der Waals surface area contributed by atoms with Crippen LogP contribution in [0.15, 0.2) is 91.6 Å². The standard InChI is InChI=1S/C14H13N4.C11H8N.C3H9Si.Ir/c1-11-9-12(2)14(18-8-4-6-16-18)10-13(11)17-7-3-5-15-17;1-2-6-10(7-3-1)11-8-4-5-9-12-11;1-4(2)3;/h3-9H,1-2H3;1-6,8-9H;1-3H3;/q2*-1;;. The minimum absolute atomic E-state index is 0. The van der Waals surface area contributed by atoms with Gasteiger partial charge in [0.25, 0.3) is 0 Å². The summed E-state index contributed by atoms with van der Waals surface area (Å²) in [6, 6.07) is 26.1. The molecule has 0 bridgehead atoms. The minimum Gasteiger partial charge on any atom is -0.305 e. The maximum atomic E-state index is 4.26. The number of benzene rings is 2. The molecule has 0 unspecified atom stereocenters. The topological polar surface area (TPSA) is 48.5 Å². The molecular weight excluding hydrogens is 627 g/mol. The molecule has 0 saturated heterocycles. The number of aryl methyl sites for hydroxylation is 2. The molecule has 2 radical (unpaired) electrons. The van der Waals surface area contributed by atoms with Crippen LogP contribution in [-0.4, -0.2) is 33.3 Å². The van der Waals surface area contributed by atoms with Crippen LogP contribution in [0.25, 0.3) is 22.6 Å². The normalized spacial score (nSPS) is 9.89. The monoisotopic (exact) mass is 657 g/mol.